The number of alkyl halides is 2. The third kappa shape index (κ3) is 2.37. The van der Waals surface area contributed by atoms with E-state index in [0.717, 1.165) is 18.9 Å². The Kier molecular flexibility index (Phi) is 2.81. The number of rotatable bonds is 1. The summed E-state index contributed by atoms with van der Waals surface area (Å²) in [5.41, 5.74) is -1.04. The number of halogens is 2. The van der Waals surface area contributed by atoms with Crippen LogP contribution in [0, 0.1) is 5.92 Å². The van der Waals surface area contributed by atoms with Gasteiger partial charge in [-0.3, -0.25) is 0 Å². The Morgan fingerprint density at radius 3 is 2.33 bits per heavy atom. The lowest BCUT2D eigenvalue weighted by Crippen LogP contribution is -2.43. The highest BCUT2D eigenvalue weighted by Crippen LogP contribution is 2.39. The fourth-order valence-electron chi connectivity index (χ4n) is 2.34. The fourth-order valence-corrected chi connectivity index (χ4v) is 2.34. The standard InChI is InChI=1S/C11H16F2O2/c12-11(13)5-3-10(14,4-6-11)9-1-7-15-8-2-9/h3,5,9,14H,1-2,4,6-8H2. The van der Waals surface area contributed by atoms with Crippen LogP contribution in [0.1, 0.15) is 25.7 Å². The normalized spacial score (nSPS) is 36.7. The molecular weight excluding hydrogens is 202 g/mol. The van der Waals surface area contributed by atoms with Crippen molar-refractivity contribution >= 4 is 0 Å². The van der Waals surface area contributed by atoms with Crippen LogP contribution in [0.3, 0.4) is 0 Å². The highest BCUT2D eigenvalue weighted by atomic mass is 19.3. The minimum atomic E-state index is -2.74. The zero-order chi connectivity index (χ0) is 10.9. The van der Waals surface area contributed by atoms with Gasteiger partial charge in [0.05, 0.1) is 5.60 Å². The Hall–Kier alpha value is -0.480. The van der Waals surface area contributed by atoms with Crippen molar-refractivity contribution in [2.75, 3.05) is 13.2 Å². The van der Waals surface area contributed by atoms with Crippen molar-refractivity contribution in [3.05, 3.63) is 12.2 Å². The molecule has 1 atom stereocenters. The Morgan fingerprint density at radius 2 is 1.80 bits per heavy atom. The highest BCUT2D eigenvalue weighted by Gasteiger charge is 2.42. The predicted octanol–water partition coefficient (Wildman–Crippen LogP) is 2.13. The van der Waals surface area contributed by atoms with Crippen molar-refractivity contribution in [2.24, 2.45) is 5.92 Å². The van der Waals surface area contributed by atoms with Crippen LogP contribution in [0.15, 0.2) is 12.2 Å². The van der Waals surface area contributed by atoms with Gasteiger partial charge in [-0.2, -0.15) is 0 Å². The lowest BCUT2D eigenvalue weighted by Gasteiger charge is -2.39. The first kappa shape index (κ1) is 11.0. The van der Waals surface area contributed by atoms with E-state index in [1.54, 1.807) is 0 Å². The molecule has 1 fully saturated rings. The Balaban J connectivity index is 2.07. The summed E-state index contributed by atoms with van der Waals surface area (Å²) in [6.45, 7) is 1.24. The lowest BCUT2D eigenvalue weighted by atomic mass is 9.75. The molecule has 1 aliphatic carbocycles. The highest BCUT2D eigenvalue weighted by molar-refractivity contribution is 5.13. The molecule has 2 aliphatic rings. The minimum Gasteiger partial charge on any atom is -0.385 e. The molecule has 0 aromatic rings. The summed E-state index contributed by atoms with van der Waals surface area (Å²) in [6.07, 6.45) is 3.57. The first-order valence-corrected chi connectivity index (χ1v) is 5.40. The number of allylic oxidation sites excluding steroid dienone is 1. The Bertz CT molecular complexity index is 259. The lowest BCUT2D eigenvalue weighted by molar-refractivity contribution is -0.0679. The summed E-state index contributed by atoms with van der Waals surface area (Å²) < 4.78 is 31.0. The second-order valence-corrected chi connectivity index (χ2v) is 4.47. The van der Waals surface area contributed by atoms with Crippen LogP contribution in [0.25, 0.3) is 0 Å². The molecule has 0 spiro atoms. The summed E-state index contributed by atoms with van der Waals surface area (Å²) >= 11 is 0. The molecule has 2 nitrogen and oxygen atoms in total. The molecule has 0 amide bonds. The van der Waals surface area contributed by atoms with Crippen LogP contribution in [-0.2, 0) is 4.74 Å². The maximum Gasteiger partial charge on any atom is 0.266 e. The quantitative estimate of drug-likeness (QED) is 0.683. The average Bonchev–Trinajstić information content (AvgIpc) is 2.24. The number of hydrogen-bond acceptors (Lipinski definition) is 2. The van der Waals surface area contributed by atoms with Gasteiger partial charge in [-0.25, -0.2) is 8.78 Å². The van der Waals surface area contributed by atoms with Gasteiger partial charge in [-0.05, 0) is 31.3 Å². The smallest absolute Gasteiger partial charge is 0.266 e. The van der Waals surface area contributed by atoms with E-state index >= 15 is 0 Å². The molecule has 0 aromatic heterocycles. The van der Waals surface area contributed by atoms with Crippen LogP contribution in [0.2, 0.25) is 0 Å². The maximum atomic E-state index is 12.9. The van der Waals surface area contributed by atoms with Crippen molar-refractivity contribution in [2.45, 2.75) is 37.2 Å². The number of aliphatic hydroxyl groups is 1. The average molecular weight is 218 g/mol. The molecular formula is C11H16F2O2. The molecule has 86 valence electrons. The minimum absolute atomic E-state index is 0.0681. The van der Waals surface area contributed by atoms with E-state index in [2.05, 4.69) is 0 Å². The third-order valence-electron chi connectivity index (χ3n) is 3.40. The first-order valence-electron chi connectivity index (χ1n) is 5.40. The molecule has 0 saturated carbocycles. The van der Waals surface area contributed by atoms with Gasteiger partial charge in [0.2, 0.25) is 0 Å². The summed E-state index contributed by atoms with van der Waals surface area (Å²) in [5.74, 6) is -2.67. The van der Waals surface area contributed by atoms with Gasteiger partial charge >= 0.3 is 0 Å². The van der Waals surface area contributed by atoms with Gasteiger partial charge in [0.15, 0.2) is 0 Å². The van der Waals surface area contributed by atoms with Crippen molar-refractivity contribution in [3.8, 4) is 0 Å². The third-order valence-corrected chi connectivity index (χ3v) is 3.40. The molecule has 0 aromatic carbocycles. The molecule has 0 bridgehead atoms. The summed E-state index contributed by atoms with van der Waals surface area (Å²) in [5, 5.41) is 10.3. The second-order valence-electron chi connectivity index (χ2n) is 4.47. The molecule has 2 rings (SSSR count). The van der Waals surface area contributed by atoms with Crippen LogP contribution < -0.4 is 0 Å². The second kappa shape index (κ2) is 3.83. The summed E-state index contributed by atoms with van der Waals surface area (Å²) in [7, 11) is 0. The van der Waals surface area contributed by atoms with E-state index in [9.17, 15) is 13.9 Å². The molecule has 1 aliphatic heterocycles. The van der Waals surface area contributed by atoms with Crippen molar-refractivity contribution < 1.29 is 18.6 Å². The molecule has 4 heteroatoms. The zero-order valence-electron chi connectivity index (χ0n) is 8.59. The zero-order valence-corrected chi connectivity index (χ0v) is 8.59. The Labute approximate surface area is 87.9 Å². The van der Waals surface area contributed by atoms with Crippen molar-refractivity contribution in [3.63, 3.8) is 0 Å². The predicted molar refractivity (Wildman–Crippen MR) is 51.8 cm³/mol. The topological polar surface area (TPSA) is 29.5 Å². The van der Waals surface area contributed by atoms with E-state index in [0.29, 0.717) is 13.2 Å². The van der Waals surface area contributed by atoms with E-state index in [1.807, 2.05) is 0 Å². The van der Waals surface area contributed by atoms with Gasteiger partial charge in [-0.15, -0.1) is 0 Å². The van der Waals surface area contributed by atoms with Gasteiger partial charge in [0.1, 0.15) is 0 Å². The van der Waals surface area contributed by atoms with Crippen LogP contribution in [0.5, 0.6) is 0 Å². The van der Waals surface area contributed by atoms with Gasteiger partial charge in [0, 0.05) is 19.6 Å². The Morgan fingerprint density at radius 1 is 1.13 bits per heavy atom. The first-order chi connectivity index (χ1) is 7.02. The number of ether oxygens (including phenoxy) is 1. The fraction of sp³-hybridized carbons (Fsp3) is 0.818. The van der Waals surface area contributed by atoms with E-state index < -0.39 is 11.5 Å². The molecule has 1 heterocycles. The summed E-state index contributed by atoms with van der Waals surface area (Å²) in [4.78, 5) is 0. The number of hydrogen-bond donors (Lipinski definition) is 1. The SMILES string of the molecule is OC1(C2CCOCC2)C=CC(F)(F)CC1. The van der Waals surface area contributed by atoms with Crippen LogP contribution >= 0.6 is 0 Å². The van der Waals surface area contributed by atoms with E-state index in [-0.39, 0.29) is 18.8 Å². The molecule has 0 radical (unpaired) electrons. The van der Waals surface area contributed by atoms with Crippen LogP contribution in [-0.4, -0.2) is 29.8 Å². The largest absolute Gasteiger partial charge is 0.385 e. The van der Waals surface area contributed by atoms with Crippen molar-refractivity contribution in [1.29, 1.82) is 0 Å². The molecule has 1 saturated heterocycles. The molecule has 1 N–H and O–H groups in total. The summed E-state index contributed by atoms with van der Waals surface area (Å²) in [6, 6.07) is 0. The van der Waals surface area contributed by atoms with Gasteiger partial charge < -0.3 is 9.84 Å². The van der Waals surface area contributed by atoms with Crippen molar-refractivity contribution in [1.82, 2.24) is 0 Å². The van der Waals surface area contributed by atoms with E-state index in [1.165, 1.54) is 6.08 Å². The molecule has 1 unspecified atom stereocenters. The van der Waals surface area contributed by atoms with E-state index in [4.69, 9.17) is 4.74 Å². The van der Waals surface area contributed by atoms with Gasteiger partial charge in [-0.1, -0.05) is 6.08 Å². The molecule has 15 heavy (non-hydrogen) atoms. The monoisotopic (exact) mass is 218 g/mol. The van der Waals surface area contributed by atoms with Gasteiger partial charge in [0.25, 0.3) is 5.92 Å². The van der Waals surface area contributed by atoms with Crippen LogP contribution in [0.4, 0.5) is 8.78 Å². The maximum absolute atomic E-state index is 12.9.